The number of hydrogen-bond donors (Lipinski definition) is 2. The molecule has 5 heteroatoms. The van der Waals surface area contributed by atoms with Crippen LogP contribution >= 0.6 is 11.6 Å². The van der Waals surface area contributed by atoms with Gasteiger partial charge in [-0.05, 0) is 48.9 Å². The first-order chi connectivity index (χ1) is 9.95. The summed E-state index contributed by atoms with van der Waals surface area (Å²) >= 11 is 5.85. The molecular weight excluding hydrogens is 290 g/mol. The van der Waals surface area contributed by atoms with Gasteiger partial charge in [-0.15, -0.1) is 0 Å². The summed E-state index contributed by atoms with van der Waals surface area (Å²) in [7, 11) is 1.58. The standard InChI is InChI=1S/C16H16ClNO3/c1-16(15(19)20,11-3-5-12(17)6-4-11)18-13-7-9-14(21-2)10-8-13/h3-10,18H,1-2H3,(H,19,20). The molecule has 1 atom stereocenters. The Morgan fingerprint density at radius 3 is 2.19 bits per heavy atom. The summed E-state index contributed by atoms with van der Waals surface area (Å²) in [6.07, 6.45) is 0. The molecule has 2 aromatic rings. The minimum atomic E-state index is -1.25. The third-order valence-electron chi connectivity index (χ3n) is 3.33. The number of anilines is 1. The molecule has 0 saturated heterocycles. The molecule has 21 heavy (non-hydrogen) atoms. The van der Waals surface area contributed by atoms with Crippen molar-refractivity contribution in [3.8, 4) is 5.75 Å². The van der Waals surface area contributed by atoms with E-state index in [1.54, 1.807) is 62.6 Å². The van der Waals surface area contributed by atoms with E-state index >= 15 is 0 Å². The maximum Gasteiger partial charge on any atom is 0.333 e. The van der Waals surface area contributed by atoms with E-state index < -0.39 is 11.5 Å². The maximum atomic E-state index is 11.7. The molecule has 0 fully saturated rings. The lowest BCUT2D eigenvalue weighted by molar-refractivity contribution is -0.142. The molecule has 0 aliphatic heterocycles. The Labute approximate surface area is 128 Å². The van der Waals surface area contributed by atoms with Crippen molar-refractivity contribution in [2.24, 2.45) is 0 Å². The number of carboxylic acids is 1. The number of hydrogen-bond acceptors (Lipinski definition) is 3. The third kappa shape index (κ3) is 3.28. The molecule has 2 rings (SSSR count). The van der Waals surface area contributed by atoms with Crippen molar-refractivity contribution in [1.29, 1.82) is 0 Å². The van der Waals surface area contributed by atoms with Gasteiger partial charge in [0, 0.05) is 10.7 Å². The van der Waals surface area contributed by atoms with E-state index in [1.165, 1.54) is 0 Å². The number of halogens is 1. The summed E-state index contributed by atoms with van der Waals surface area (Å²) in [6, 6.07) is 13.8. The first-order valence-electron chi connectivity index (χ1n) is 6.37. The third-order valence-corrected chi connectivity index (χ3v) is 3.59. The van der Waals surface area contributed by atoms with E-state index in [2.05, 4.69) is 5.32 Å². The molecule has 2 aromatic carbocycles. The number of carbonyl (C=O) groups is 1. The van der Waals surface area contributed by atoms with Crippen LogP contribution in [0.25, 0.3) is 0 Å². The van der Waals surface area contributed by atoms with Crippen LogP contribution in [0.2, 0.25) is 5.02 Å². The summed E-state index contributed by atoms with van der Waals surface area (Å²) in [5.41, 5.74) is 0.0602. The fourth-order valence-corrected chi connectivity index (χ4v) is 2.12. The number of rotatable bonds is 5. The van der Waals surface area contributed by atoms with E-state index in [9.17, 15) is 9.90 Å². The molecule has 0 aromatic heterocycles. The monoisotopic (exact) mass is 305 g/mol. The van der Waals surface area contributed by atoms with E-state index in [0.717, 1.165) is 0 Å². The molecule has 0 radical (unpaired) electrons. The zero-order valence-corrected chi connectivity index (χ0v) is 12.5. The fraction of sp³-hybridized carbons (Fsp3) is 0.188. The van der Waals surface area contributed by atoms with Crippen LogP contribution in [0.3, 0.4) is 0 Å². The second-order valence-electron chi connectivity index (χ2n) is 4.79. The van der Waals surface area contributed by atoms with Gasteiger partial charge in [0.05, 0.1) is 7.11 Å². The Morgan fingerprint density at radius 2 is 1.71 bits per heavy atom. The van der Waals surface area contributed by atoms with Crippen LogP contribution in [0.15, 0.2) is 48.5 Å². The van der Waals surface area contributed by atoms with Gasteiger partial charge in [-0.25, -0.2) is 4.79 Å². The van der Waals surface area contributed by atoms with E-state index in [0.29, 0.717) is 22.0 Å². The lowest BCUT2D eigenvalue weighted by Gasteiger charge is -2.28. The molecule has 1 unspecified atom stereocenters. The number of nitrogens with one attached hydrogen (secondary N) is 1. The zero-order valence-electron chi connectivity index (χ0n) is 11.8. The van der Waals surface area contributed by atoms with Crippen molar-refractivity contribution in [3.63, 3.8) is 0 Å². The average Bonchev–Trinajstić information content (AvgIpc) is 2.48. The highest BCUT2D eigenvalue weighted by atomic mass is 35.5. The number of carboxylic acid groups (broad SMARTS) is 1. The van der Waals surface area contributed by atoms with Crippen molar-refractivity contribution in [2.45, 2.75) is 12.5 Å². The van der Waals surface area contributed by atoms with Gasteiger partial charge in [0.25, 0.3) is 0 Å². The second-order valence-corrected chi connectivity index (χ2v) is 5.23. The smallest absolute Gasteiger partial charge is 0.333 e. The minimum Gasteiger partial charge on any atom is -0.497 e. The van der Waals surface area contributed by atoms with Crippen LogP contribution in [-0.2, 0) is 10.3 Å². The summed E-state index contributed by atoms with van der Waals surface area (Å²) in [5, 5.41) is 13.2. The molecule has 0 saturated carbocycles. The summed E-state index contributed by atoms with van der Waals surface area (Å²) in [4.78, 5) is 11.7. The molecule has 4 nitrogen and oxygen atoms in total. The Hall–Kier alpha value is -2.20. The van der Waals surface area contributed by atoms with Crippen molar-refractivity contribution >= 4 is 23.3 Å². The van der Waals surface area contributed by atoms with E-state index in [1.807, 2.05) is 0 Å². The van der Waals surface area contributed by atoms with Gasteiger partial charge in [0.15, 0.2) is 5.54 Å². The first kappa shape index (κ1) is 15.2. The summed E-state index contributed by atoms with van der Waals surface area (Å²) in [5.74, 6) is -0.260. The summed E-state index contributed by atoms with van der Waals surface area (Å²) in [6.45, 7) is 1.61. The molecular formula is C16H16ClNO3. The first-order valence-corrected chi connectivity index (χ1v) is 6.75. The van der Waals surface area contributed by atoms with Crippen LogP contribution in [0.4, 0.5) is 5.69 Å². The number of benzene rings is 2. The van der Waals surface area contributed by atoms with Gasteiger partial charge >= 0.3 is 5.97 Å². The van der Waals surface area contributed by atoms with Crippen molar-refractivity contribution in [2.75, 3.05) is 12.4 Å². The van der Waals surface area contributed by atoms with Crippen LogP contribution in [0.5, 0.6) is 5.75 Å². The highest BCUT2D eigenvalue weighted by Gasteiger charge is 2.35. The molecule has 0 amide bonds. The lowest BCUT2D eigenvalue weighted by atomic mass is 9.91. The normalized spacial score (nSPS) is 13.3. The molecule has 2 N–H and O–H groups in total. The van der Waals surface area contributed by atoms with Crippen LogP contribution in [-0.4, -0.2) is 18.2 Å². The Bertz CT molecular complexity index is 625. The highest BCUT2D eigenvalue weighted by molar-refractivity contribution is 6.30. The fourth-order valence-electron chi connectivity index (χ4n) is 2.00. The SMILES string of the molecule is COc1ccc(NC(C)(C(=O)O)c2ccc(Cl)cc2)cc1. The minimum absolute atomic E-state index is 0.566. The van der Waals surface area contributed by atoms with E-state index in [-0.39, 0.29) is 0 Å². The largest absolute Gasteiger partial charge is 0.497 e. The summed E-state index contributed by atoms with van der Waals surface area (Å²) < 4.78 is 5.09. The molecule has 0 aliphatic rings. The predicted octanol–water partition coefficient (Wildman–Crippen LogP) is 3.76. The van der Waals surface area contributed by atoms with Crippen LogP contribution < -0.4 is 10.1 Å². The number of aliphatic carboxylic acids is 1. The van der Waals surface area contributed by atoms with E-state index in [4.69, 9.17) is 16.3 Å². The Balaban J connectivity index is 2.33. The molecule has 0 bridgehead atoms. The number of ether oxygens (including phenoxy) is 1. The van der Waals surface area contributed by atoms with Gasteiger partial charge in [-0.2, -0.15) is 0 Å². The topological polar surface area (TPSA) is 58.6 Å². The Morgan fingerprint density at radius 1 is 1.14 bits per heavy atom. The molecule has 110 valence electrons. The maximum absolute atomic E-state index is 11.7. The van der Waals surface area contributed by atoms with Gasteiger partial charge in [-0.1, -0.05) is 23.7 Å². The van der Waals surface area contributed by atoms with Crippen molar-refractivity contribution in [1.82, 2.24) is 0 Å². The zero-order chi connectivity index (χ0) is 15.5. The molecule has 0 aliphatic carbocycles. The predicted molar refractivity (Wildman–Crippen MR) is 83.1 cm³/mol. The van der Waals surface area contributed by atoms with Gasteiger partial charge in [-0.3, -0.25) is 0 Å². The quantitative estimate of drug-likeness (QED) is 0.883. The number of methoxy groups -OCH3 is 1. The molecule has 0 heterocycles. The van der Waals surface area contributed by atoms with Crippen molar-refractivity contribution < 1.29 is 14.6 Å². The average molecular weight is 306 g/mol. The van der Waals surface area contributed by atoms with Crippen LogP contribution in [0.1, 0.15) is 12.5 Å². The van der Waals surface area contributed by atoms with Crippen LogP contribution in [0, 0.1) is 0 Å². The lowest BCUT2D eigenvalue weighted by Crippen LogP contribution is -2.40. The Kier molecular flexibility index (Phi) is 4.38. The van der Waals surface area contributed by atoms with Gasteiger partial charge in [0.2, 0.25) is 0 Å². The second kappa shape index (κ2) is 6.06. The molecule has 0 spiro atoms. The van der Waals surface area contributed by atoms with Crippen molar-refractivity contribution in [3.05, 3.63) is 59.1 Å². The van der Waals surface area contributed by atoms with Gasteiger partial charge in [0.1, 0.15) is 5.75 Å². The highest BCUT2D eigenvalue weighted by Crippen LogP contribution is 2.28. The van der Waals surface area contributed by atoms with Gasteiger partial charge < -0.3 is 15.2 Å².